The molecular weight excluding hydrogens is 274 g/mol. The Kier molecular flexibility index (Phi) is 3.47. The number of hydrogen-bond donors (Lipinski definition) is 2. The van der Waals surface area contributed by atoms with Crippen molar-refractivity contribution in [3.05, 3.63) is 53.6 Å². The topological polar surface area (TPSA) is 90.2 Å². The molecule has 3 rings (SSSR count). The lowest BCUT2D eigenvalue weighted by molar-refractivity contribution is 1.04. The predicted octanol–water partition coefficient (Wildman–Crippen LogP) is 2.82. The summed E-state index contributed by atoms with van der Waals surface area (Å²) in [4.78, 5) is 4.10. The molecular formula is C17H17N5. The molecule has 1 heterocycles. The lowest BCUT2D eigenvalue weighted by Gasteiger charge is -2.11. The van der Waals surface area contributed by atoms with Crippen molar-refractivity contribution >= 4 is 22.5 Å². The van der Waals surface area contributed by atoms with Gasteiger partial charge in [-0.1, -0.05) is 42.5 Å². The first-order valence-corrected chi connectivity index (χ1v) is 6.99. The smallest absolute Gasteiger partial charge is 0.192 e. The Labute approximate surface area is 128 Å². The fourth-order valence-electron chi connectivity index (χ4n) is 2.60. The summed E-state index contributed by atoms with van der Waals surface area (Å²) in [7, 11) is 0. The summed E-state index contributed by atoms with van der Waals surface area (Å²) in [5.74, 6) is 0.424. The van der Waals surface area contributed by atoms with Crippen LogP contribution in [0.15, 0.2) is 47.5 Å². The van der Waals surface area contributed by atoms with E-state index >= 15 is 0 Å². The lowest BCUT2D eigenvalue weighted by Crippen LogP contribution is -2.22. The van der Waals surface area contributed by atoms with Gasteiger partial charge in [0.05, 0.1) is 0 Å². The zero-order valence-electron chi connectivity index (χ0n) is 12.5. The highest BCUT2D eigenvalue weighted by Gasteiger charge is 2.13. The molecule has 0 spiro atoms. The van der Waals surface area contributed by atoms with Gasteiger partial charge in [-0.25, -0.2) is 0 Å². The van der Waals surface area contributed by atoms with Crippen molar-refractivity contribution < 1.29 is 0 Å². The van der Waals surface area contributed by atoms with E-state index in [4.69, 9.17) is 11.5 Å². The second-order valence-corrected chi connectivity index (χ2v) is 5.22. The normalized spacial score (nSPS) is 10.6. The van der Waals surface area contributed by atoms with Gasteiger partial charge in [-0.2, -0.15) is 4.99 Å². The zero-order chi connectivity index (χ0) is 15.7. The number of guanidine groups is 1. The number of nitrogens with zero attached hydrogens (tertiary/aromatic N) is 3. The van der Waals surface area contributed by atoms with Gasteiger partial charge < -0.3 is 11.5 Å². The summed E-state index contributed by atoms with van der Waals surface area (Å²) in [6, 6.07) is 14.1. The predicted molar refractivity (Wildman–Crippen MR) is 89.9 cm³/mol. The van der Waals surface area contributed by atoms with Crippen molar-refractivity contribution in [1.29, 1.82) is 0 Å². The molecule has 22 heavy (non-hydrogen) atoms. The quantitative estimate of drug-likeness (QED) is 0.561. The molecule has 0 amide bonds. The highest BCUT2D eigenvalue weighted by Crippen LogP contribution is 2.34. The van der Waals surface area contributed by atoms with E-state index in [1.807, 2.05) is 43.3 Å². The molecule has 2 aromatic carbocycles. The van der Waals surface area contributed by atoms with Crippen LogP contribution in [-0.2, 0) is 0 Å². The number of benzene rings is 2. The van der Waals surface area contributed by atoms with E-state index in [1.54, 1.807) is 0 Å². The molecule has 110 valence electrons. The Balaban J connectivity index is 2.38. The van der Waals surface area contributed by atoms with Gasteiger partial charge in [-0.3, -0.25) is 0 Å². The van der Waals surface area contributed by atoms with E-state index in [2.05, 4.69) is 28.2 Å². The van der Waals surface area contributed by atoms with Crippen LogP contribution in [0.25, 0.3) is 22.0 Å². The van der Waals surface area contributed by atoms with Crippen molar-refractivity contribution in [2.45, 2.75) is 13.8 Å². The second-order valence-electron chi connectivity index (χ2n) is 5.22. The Morgan fingerprint density at radius 3 is 2.36 bits per heavy atom. The molecule has 0 aliphatic rings. The van der Waals surface area contributed by atoms with Crippen LogP contribution >= 0.6 is 0 Å². The van der Waals surface area contributed by atoms with E-state index in [0.717, 1.165) is 33.2 Å². The zero-order valence-corrected chi connectivity index (χ0v) is 12.5. The molecule has 5 nitrogen and oxygen atoms in total. The van der Waals surface area contributed by atoms with Gasteiger partial charge in [-0.05, 0) is 25.0 Å². The summed E-state index contributed by atoms with van der Waals surface area (Å²) >= 11 is 0. The first-order valence-electron chi connectivity index (χ1n) is 6.99. The fourth-order valence-corrected chi connectivity index (χ4v) is 2.60. The number of fused-ring (bicyclic) bond motifs is 1. The molecule has 3 aromatic rings. The van der Waals surface area contributed by atoms with Gasteiger partial charge in [-0.15, -0.1) is 10.2 Å². The first kappa shape index (κ1) is 14.0. The summed E-state index contributed by atoms with van der Waals surface area (Å²) in [5.41, 5.74) is 15.1. The number of aliphatic imine (C=N–C) groups is 1. The van der Waals surface area contributed by atoms with Crippen LogP contribution < -0.4 is 11.5 Å². The number of nitrogens with two attached hydrogens (primary N) is 2. The molecule has 5 heteroatoms. The van der Waals surface area contributed by atoms with Crippen molar-refractivity contribution in [3.8, 4) is 11.3 Å². The highest BCUT2D eigenvalue weighted by molar-refractivity contribution is 6.02. The molecule has 4 N–H and O–H groups in total. The Hall–Kier alpha value is -2.95. The number of aromatic nitrogens is 2. The van der Waals surface area contributed by atoms with Crippen LogP contribution in [0.3, 0.4) is 0 Å². The average Bonchev–Trinajstić information content (AvgIpc) is 2.48. The highest BCUT2D eigenvalue weighted by atomic mass is 15.2. The largest absolute Gasteiger partial charge is 0.370 e. The average molecular weight is 291 g/mol. The minimum Gasteiger partial charge on any atom is -0.370 e. The summed E-state index contributed by atoms with van der Waals surface area (Å²) in [6.45, 7) is 4.07. The van der Waals surface area contributed by atoms with E-state index < -0.39 is 0 Å². The van der Waals surface area contributed by atoms with Crippen LogP contribution in [0, 0.1) is 13.8 Å². The maximum absolute atomic E-state index is 5.50. The molecule has 0 aliphatic carbocycles. The van der Waals surface area contributed by atoms with Crippen molar-refractivity contribution in [1.82, 2.24) is 10.2 Å². The second kappa shape index (κ2) is 5.44. The monoisotopic (exact) mass is 291 g/mol. The van der Waals surface area contributed by atoms with E-state index in [9.17, 15) is 0 Å². The Morgan fingerprint density at radius 1 is 0.909 bits per heavy atom. The van der Waals surface area contributed by atoms with Gasteiger partial charge >= 0.3 is 0 Å². The summed E-state index contributed by atoms with van der Waals surface area (Å²) < 4.78 is 0. The third-order valence-corrected chi connectivity index (χ3v) is 3.63. The van der Waals surface area contributed by atoms with Gasteiger partial charge in [0.25, 0.3) is 0 Å². The van der Waals surface area contributed by atoms with Crippen LogP contribution in [0.4, 0.5) is 5.82 Å². The van der Waals surface area contributed by atoms with Crippen molar-refractivity contribution in [2.24, 2.45) is 16.5 Å². The standard InChI is InChI=1S/C17H17N5/c1-10-6-3-4-8-12(10)15-13-9-5-7-11(2)14(13)16(22-21-15)20-17(18)19/h3-9H,1-2H3,(H4,18,19,20,22). The van der Waals surface area contributed by atoms with Crippen LogP contribution in [0.5, 0.6) is 0 Å². The van der Waals surface area contributed by atoms with E-state index in [1.165, 1.54) is 0 Å². The number of hydrogen-bond acceptors (Lipinski definition) is 3. The van der Waals surface area contributed by atoms with Crippen LogP contribution in [-0.4, -0.2) is 16.2 Å². The van der Waals surface area contributed by atoms with Gasteiger partial charge in [0, 0.05) is 16.3 Å². The molecule has 0 saturated carbocycles. The minimum atomic E-state index is -0.0255. The fraction of sp³-hybridized carbons (Fsp3) is 0.118. The molecule has 0 radical (unpaired) electrons. The van der Waals surface area contributed by atoms with E-state index in [-0.39, 0.29) is 5.96 Å². The van der Waals surface area contributed by atoms with E-state index in [0.29, 0.717) is 5.82 Å². The molecule has 0 bridgehead atoms. The molecule has 0 unspecified atom stereocenters. The lowest BCUT2D eigenvalue weighted by atomic mass is 9.99. The minimum absolute atomic E-state index is 0.0255. The van der Waals surface area contributed by atoms with Crippen LogP contribution in [0.2, 0.25) is 0 Å². The molecule has 0 aliphatic heterocycles. The SMILES string of the molecule is Cc1ccccc1-c1nnc(N=C(N)N)c2c(C)cccc12. The van der Waals surface area contributed by atoms with Gasteiger partial charge in [0.2, 0.25) is 0 Å². The third-order valence-electron chi connectivity index (χ3n) is 3.63. The van der Waals surface area contributed by atoms with Crippen molar-refractivity contribution in [3.63, 3.8) is 0 Å². The molecule has 0 fully saturated rings. The third kappa shape index (κ3) is 2.37. The maximum Gasteiger partial charge on any atom is 0.192 e. The number of rotatable bonds is 2. The van der Waals surface area contributed by atoms with Gasteiger partial charge in [0.15, 0.2) is 11.8 Å². The number of aryl methyl sites for hydroxylation is 2. The molecule has 1 aromatic heterocycles. The Morgan fingerprint density at radius 2 is 1.64 bits per heavy atom. The Bertz CT molecular complexity index is 879. The van der Waals surface area contributed by atoms with Crippen molar-refractivity contribution in [2.75, 3.05) is 0 Å². The first-order chi connectivity index (χ1) is 10.6. The molecule has 0 atom stereocenters. The summed E-state index contributed by atoms with van der Waals surface area (Å²) in [6.07, 6.45) is 0. The summed E-state index contributed by atoms with van der Waals surface area (Å²) in [5, 5.41) is 10.5. The van der Waals surface area contributed by atoms with Gasteiger partial charge in [0.1, 0.15) is 5.69 Å². The maximum atomic E-state index is 5.50. The van der Waals surface area contributed by atoms with Crippen LogP contribution in [0.1, 0.15) is 11.1 Å². The molecule has 0 saturated heterocycles.